The van der Waals surface area contributed by atoms with Crippen LogP contribution in [0.2, 0.25) is 0 Å². The number of nitrogens with two attached hydrogens (primary N) is 1. The van der Waals surface area contributed by atoms with Crippen molar-refractivity contribution in [3.05, 3.63) is 78.2 Å². The number of nitrogens with zero attached hydrogens (tertiary/aromatic N) is 2. The van der Waals surface area contributed by atoms with Crippen LogP contribution < -0.4 is 11.1 Å². The zero-order valence-electron chi connectivity index (χ0n) is 18.1. The number of anilines is 1. The number of rotatable bonds is 8. The van der Waals surface area contributed by atoms with Crippen LogP contribution >= 0.6 is 11.3 Å². The summed E-state index contributed by atoms with van der Waals surface area (Å²) in [6.45, 7) is 2.52. The van der Waals surface area contributed by atoms with E-state index < -0.39 is 11.7 Å². The third-order valence-electron chi connectivity index (χ3n) is 5.70. The fourth-order valence-corrected chi connectivity index (χ4v) is 4.75. The zero-order valence-corrected chi connectivity index (χ0v) is 19.0. The van der Waals surface area contributed by atoms with Gasteiger partial charge in [0.1, 0.15) is 0 Å². The van der Waals surface area contributed by atoms with Crippen molar-refractivity contribution in [3.63, 3.8) is 0 Å². The third-order valence-corrected chi connectivity index (χ3v) is 6.71. The minimum atomic E-state index is -4.34. The summed E-state index contributed by atoms with van der Waals surface area (Å²) in [7, 11) is 0. The van der Waals surface area contributed by atoms with E-state index in [-0.39, 0.29) is 12.0 Å². The Hall–Kier alpha value is -2.97. The van der Waals surface area contributed by atoms with Crippen LogP contribution in [0, 0.1) is 0 Å². The summed E-state index contributed by atoms with van der Waals surface area (Å²) in [5.74, 6) is -0.0432. The van der Waals surface area contributed by atoms with E-state index in [1.807, 2.05) is 31.5 Å². The van der Waals surface area contributed by atoms with Crippen LogP contribution in [0.3, 0.4) is 0 Å². The highest BCUT2D eigenvalue weighted by atomic mass is 32.1. The number of benzene rings is 2. The van der Waals surface area contributed by atoms with Crippen LogP contribution in [0.1, 0.15) is 36.8 Å². The Morgan fingerprint density at radius 3 is 2.55 bits per heavy atom. The molecule has 0 saturated heterocycles. The maximum atomic E-state index is 12.9. The Kier molecular flexibility index (Phi) is 6.95. The lowest BCUT2D eigenvalue weighted by Crippen LogP contribution is -2.35. The predicted octanol–water partition coefficient (Wildman–Crippen LogP) is 6.70. The summed E-state index contributed by atoms with van der Waals surface area (Å²) in [6.07, 6.45) is 2.79. The number of hydrogen-bond donors (Lipinski definition) is 2. The number of aromatic nitrogens is 2. The smallest absolute Gasteiger partial charge is 0.360 e. The Bertz CT molecular complexity index is 1200. The average molecular weight is 471 g/mol. The normalized spacial score (nSPS) is 13.7. The minimum absolute atomic E-state index is 0.0432. The van der Waals surface area contributed by atoms with Gasteiger partial charge < -0.3 is 11.1 Å². The molecule has 0 saturated carbocycles. The highest BCUT2D eigenvalue weighted by molar-refractivity contribution is 7.18. The second kappa shape index (κ2) is 9.89. The first-order chi connectivity index (χ1) is 15.8. The van der Waals surface area contributed by atoms with Crippen molar-refractivity contribution >= 4 is 27.2 Å². The molecule has 4 nitrogen and oxygen atoms in total. The van der Waals surface area contributed by atoms with Gasteiger partial charge in [0.2, 0.25) is 0 Å². The van der Waals surface area contributed by atoms with E-state index >= 15 is 0 Å². The zero-order chi connectivity index (χ0) is 23.4. The van der Waals surface area contributed by atoms with Gasteiger partial charge in [0.05, 0.1) is 10.4 Å². The molecule has 2 atom stereocenters. The van der Waals surface area contributed by atoms with E-state index in [0.717, 1.165) is 56.9 Å². The molecule has 8 heteroatoms. The van der Waals surface area contributed by atoms with Gasteiger partial charge in [0.25, 0.3) is 0 Å². The first kappa shape index (κ1) is 23.2. The molecule has 2 aromatic heterocycles. The summed E-state index contributed by atoms with van der Waals surface area (Å²) in [5.41, 5.74) is 7.73. The molecule has 0 amide bonds. The standard InChI is InChI=1S/C25H25F3N4S/c1-2-3-21(16-6-8-20(9-7-16)25(26,27)28)22(29)14-31-24-32-15-23(33-24)18-4-5-19-13-30-11-10-17(19)12-18/h4-13,15,21-22H,2-3,14,29H2,1H3,(H,31,32)/t21-,22+/m0/s1. The van der Waals surface area contributed by atoms with Crippen LogP contribution in [0.25, 0.3) is 21.2 Å². The number of alkyl halides is 3. The fourth-order valence-electron chi connectivity index (χ4n) is 3.93. The van der Waals surface area contributed by atoms with E-state index in [0.29, 0.717) is 6.54 Å². The monoisotopic (exact) mass is 470 g/mol. The number of pyridine rings is 1. The molecule has 0 spiro atoms. The SMILES string of the molecule is CCC[C@@H](c1ccc(C(F)(F)F)cc1)[C@H](N)CNc1ncc(-c2ccc3cnccc3c2)s1. The second-order valence-corrected chi connectivity index (χ2v) is 9.06. The molecule has 0 bridgehead atoms. The van der Waals surface area contributed by atoms with E-state index in [2.05, 4.69) is 27.4 Å². The molecule has 33 heavy (non-hydrogen) atoms. The molecule has 0 aliphatic carbocycles. The van der Waals surface area contributed by atoms with Gasteiger partial charge in [0, 0.05) is 42.5 Å². The molecule has 0 unspecified atom stereocenters. The summed E-state index contributed by atoms with van der Waals surface area (Å²) < 4.78 is 38.7. The number of hydrogen-bond acceptors (Lipinski definition) is 5. The van der Waals surface area contributed by atoms with Gasteiger partial charge in [0.15, 0.2) is 5.13 Å². The molecule has 3 N–H and O–H groups in total. The van der Waals surface area contributed by atoms with Gasteiger partial charge in [-0.2, -0.15) is 13.2 Å². The largest absolute Gasteiger partial charge is 0.416 e. The lowest BCUT2D eigenvalue weighted by molar-refractivity contribution is -0.137. The number of halogens is 3. The van der Waals surface area contributed by atoms with Gasteiger partial charge in [-0.1, -0.05) is 48.9 Å². The molecular formula is C25H25F3N4S. The lowest BCUT2D eigenvalue weighted by atomic mass is 9.87. The Morgan fingerprint density at radius 2 is 1.82 bits per heavy atom. The maximum Gasteiger partial charge on any atom is 0.416 e. The molecular weight excluding hydrogens is 445 g/mol. The Balaban J connectivity index is 1.43. The number of fused-ring (bicyclic) bond motifs is 1. The highest BCUT2D eigenvalue weighted by Crippen LogP contribution is 2.33. The molecule has 0 radical (unpaired) electrons. The van der Waals surface area contributed by atoms with Crippen molar-refractivity contribution in [1.82, 2.24) is 9.97 Å². The molecule has 2 heterocycles. The minimum Gasteiger partial charge on any atom is -0.360 e. The number of thiazole rings is 1. The second-order valence-electron chi connectivity index (χ2n) is 8.03. The fraction of sp³-hybridized carbons (Fsp3) is 0.280. The average Bonchev–Trinajstić information content (AvgIpc) is 3.29. The topological polar surface area (TPSA) is 63.8 Å². The summed E-state index contributed by atoms with van der Waals surface area (Å²) >= 11 is 1.54. The summed E-state index contributed by atoms with van der Waals surface area (Å²) in [5, 5.41) is 6.27. The Morgan fingerprint density at radius 1 is 1.03 bits per heavy atom. The first-order valence-corrected chi connectivity index (χ1v) is 11.6. The van der Waals surface area contributed by atoms with Crippen molar-refractivity contribution in [1.29, 1.82) is 0 Å². The summed E-state index contributed by atoms with van der Waals surface area (Å²) in [6, 6.07) is 13.3. The molecule has 0 fully saturated rings. The molecule has 4 aromatic rings. The van der Waals surface area contributed by atoms with Gasteiger partial charge >= 0.3 is 6.18 Å². The van der Waals surface area contributed by atoms with Crippen molar-refractivity contribution in [2.24, 2.45) is 5.73 Å². The lowest BCUT2D eigenvalue weighted by Gasteiger charge is -2.24. The van der Waals surface area contributed by atoms with Crippen molar-refractivity contribution in [2.45, 2.75) is 37.9 Å². The van der Waals surface area contributed by atoms with E-state index in [1.54, 1.807) is 29.7 Å². The quantitative estimate of drug-likeness (QED) is 0.301. The van der Waals surface area contributed by atoms with Gasteiger partial charge in [-0.3, -0.25) is 4.98 Å². The third kappa shape index (κ3) is 5.51. The van der Waals surface area contributed by atoms with E-state index in [9.17, 15) is 13.2 Å². The first-order valence-electron chi connectivity index (χ1n) is 10.8. The molecule has 0 aliphatic rings. The molecule has 0 aliphatic heterocycles. The van der Waals surface area contributed by atoms with Crippen LogP contribution in [0.5, 0.6) is 0 Å². The Labute approximate surface area is 194 Å². The maximum absolute atomic E-state index is 12.9. The van der Waals surface area contributed by atoms with Crippen LogP contribution in [-0.4, -0.2) is 22.6 Å². The highest BCUT2D eigenvalue weighted by Gasteiger charge is 2.30. The van der Waals surface area contributed by atoms with Gasteiger partial charge in [-0.05, 0) is 47.2 Å². The van der Waals surface area contributed by atoms with Crippen LogP contribution in [-0.2, 0) is 6.18 Å². The van der Waals surface area contributed by atoms with Crippen LogP contribution in [0.4, 0.5) is 18.3 Å². The van der Waals surface area contributed by atoms with Gasteiger partial charge in [-0.15, -0.1) is 0 Å². The summed E-state index contributed by atoms with van der Waals surface area (Å²) in [4.78, 5) is 9.66. The van der Waals surface area contributed by atoms with Gasteiger partial charge in [-0.25, -0.2) is 4.98 Å². The van der Waals surface area contributed by atoms with E-state index in [1.165, 1.54) is 0 Å². The van der Waals surface area contributed by atoms with Crippen molar-refractivity contribution in [3.8, 4) is 10.4 Å². The molecule has 172 valence electrons. The van der Waals surface area contributed by atoms with Crippen molar-refractivity contribution in [2.75, 3.05) is 11.9 Å². The predicted molar refractivity (Wildman–Crippen MR) is 128 cm³/mol. The number of nitrogens with one attached hydrogen (secondary N) is 1. The molecule has 4 rings (SSSR count). The van der Waals surface area contributed by atoms with E-state index in [4.69, 9.17) is 5.73 Å². The van der Waals surface area contributed by atoms with Crippen molar-refractivity contribution < 1.29 is 13.2 Å². The molecule has 2 aromatic carbocycles. The van der Waals surface area contributed by atoms with Crippen LogP contribution in [0.15, 0.2) is 67.1 Å².